The molecule has 0 aromatic heterocycles. The summed E-state index contributed by atoms with van der Waals surface area (Å²) in [5.74, 6) is 0. The van der Waals surface area contributed by atoms with E-state index in [0.717, 1.165) is 24.1 Å². The molecular formula is C18H21Cl2N. The Bertz CT molecular complexity index is 578. The average molecular weight is 322 g/mol. The average Bonchev–Trinajstić information content (AvgIpc) is 2.49. The topological polar surface area (TPSA) is 12.0 Å². The molecule has 0 saturated heterocycles. The molecule has 0 bridgehead atoms. The van der Waals surface area contributed by atoms with Crippen molar-refractivity contribution in [2.75, 3.05) is 6.54 Å². The number of rotatable bonds is 6. The maximum atomic E-state index is 6.07. The molecule has 1 N–H and O–H groups in total. The first kappa shape index (κ1) is 16.4. The molecule has 0 spiro atoms. The van der Waals surface area contributed by atoms with Gasteiger partial charge < -0.3 is 5.32 Å². The second-order valence-corrected chi connectivity index (χ2v) is 6.20. The van der Waals surface area contributed by atoms with Crippen LogP contribution < -0.4 is 5.32 Å². The summed E-state index contributed by atoms with van der Waals surface area (Å²) in [6.07, 6.45) is 2.21. The van der Waals surface area contributed by atoms with Crippen LogP contribution in [0.25, 0.3) is 11.1 Å². The monoisotopic (exact) mass is 321 g/mol. The van der Waals surface area contributed by atoms with Crippen LogP contribution in [-0.2, 0) is 6.42 Å². The summed E-state index contributed by atoms with van der Waals surface area (Å²) in [7, 11) is 0. The van der Waals surface area contributed by atoms with Gasteiger partial charge in [-0.1, -0.05) is 60.5 Å². The lowest BCUT2D eigenvalue weighted by Crippen LogP contribution is -2.28. The third kappa shape index (κ3) is 4.74. The molecule has 0 amide bonds. The lowest BCUT2D eigenvalue weighted by Gasteiger charge is -2.13. The molecule has 1 unspecified atom stereocenters. The number of benzene rings is 2. The quantitative estimate of drug-likeness (QED) is 0.731. The van der Waals surface area contributed by atoms with Gasteiger partial charge in [-0.25, -0.2) is 0 Å². The molecule has 0 aliphatic carbocycles. The largest absolute Gasteiger partial charge is 0.314 e. The minimum Gasteiger partial charge on any atom is -0.314 e. The summed E-state index contributed by atoms with van der Waals surface area (Å²) >= 11 is 12.0. The maximum absolute atomic E-state index is 6.07. The molecular weight excluding hydrogens is 301 g/mol. The number of hydrogen-bond acceptors (Lipinski definition) is 1. The van der Waals surface area contributed by atoms with Gasteiger partial charge in [-0.15, -0.1) is 0 Å². The van der Waals surface area contributed by atoms with Gasteiger partial charge >= 0.3 is 0 Å². The molecule has 0 radical (unpaired) electrons. The summed E-state index contributed by atoms with van der Waals surface area (Å²) < 4.78 is 0. The molecule has 0 aliphatic rings. The fraction of sp³-hybridized carbons (Fsp3) is 0.333. The van der Waals surface area contributed by atoms with E-state index < -0.39 is 0 Å². The Labute approximate surface area is 137 Å². The molecule has 2 aromatic rings. The first-order valence-corrected chi connectivity index (χ1v) is 8.13. The van der Waals surface area contributed by atoms with Gasteiger partial charge in [0.05, 0.1) is 10.0 Å². The smallest absolute Gasteiger partial charge is 0.0598 e. The van der Waals surface area contributed by atoms with Crippen molar-refractivity contribution >= 4 is 23.2 Å². The van der Waals surface area contributed by atoms with Crippen molar-refractivity contribution in [3.8, 4) is 11.1 Å². The Balaban J connectivity index is 2.06. The van der Waals surface area contributed by atoms with Crippen molar-refractivity contribution in [1.29, 1.82) is 0 Å². The van der Waals surface area contributed by atoms with Gasteiger partial charge in [-0.2, -0.15) is 0 Å². The van der Waals surface area contributed by atoms with Crippen molar-refractivity contribution in [3.05, 3.63) is 58.1 Å². The minimum atomic E-state index is 0.501. The van der Waals surface area contributed by atoms with Gasteiger partial charge in [-0.05, 0) is 55.1 Å². The number of halogens is 2. The maximum Gasteiger partial charge on any atom is 0.0598 e. The first-order chi connectivity index (χ1) is 10.1. The molecule has 21 heavy (non-hydrogen) atoms. The molecule has 3 heteroatoms. The summed E-state index contributed by atoms with van der Waals surface area (Å²) in [6, 6.07) is 14.9. The van der Waals surface area contributed by atoms with E-state index in [1.807, 2.05) is 18.2 Å². The highest BCUT2D eigenvalue weighted by molar-refractivity contribution is 6.42. The Morgan fingerprint density at radius 1 is 0.952 bits per heavy atom. The zero-order valence-electron chi connectivity index (χ0n) is 12.5. The van der Waals surface area contributed by atoms with Gasteiger partial charge in [-0.3, -0.25) is 0 Å². The molecule has 2 rings (SSSR count). The minimum absolute atomic E-state index is 0.501. The van der Waals surface area contributed by atoms with E-state index >= 15 is 0 Å². The Hall–Kier alpha value is -1.02. The van der Waals surface area contributed by atoms with Gasteiger partial charge in [0.15, 0.2) is 0 Å². The molecule has 0 fully saturated rings. The second kappa shape index (κ2) is 7.84. The van der Waals surface area contributed by atoms with Crippen LogP contribution in [0.3, 0.4) is 0 Å². The normalized spacial score (nSPS) is 12.4. The predicted molar refractivity (Wildman–Crippen MR) is 93.4 cm³/mol. The van der Waals surface area contributed by atoms with Gasteiger partial charge in [0.2, 0.25) is 0 Å². The van der Waals surface area contributed by atoms with Crippen LogP contribution in [0.5, 0.6) is 0 Å². The van der Waals surface area contributed by atoms with Crippen molar-refractivity contribution in [2.24, 2.45) is 0 Å². The Morgan fingerprint density at radius 2 is 1.62 bits per heavy atom. The van der Waals surface area contributed by atoms with Crippen LogP contribution in [-0.4, -0.2) is 12.6 Å². The van der Waals surface area contributed by atoms with E-state index in [0.29, 0.717) is 16.1 Å². The Kier molecular flexibility index (Phi) is 6.10. The SMILES string of the molecule is CCCNC(C)Cc1ccc(-c2ccc(Cl)c(Cl)c2)cc1. The van der Waals surface area contributed by atoms with E-state index in [4.69, 9.17) is 23.2 Å². The number of hydrogen-bond donors (Lipinski definition) is 1. The molecule has 112 valence electrons. The third-order valence-electron chi connectivity index (χ3n) is 3.49. The van der Waals surface area contributed by atoms with Crippen LogP contribution in [0.1, 0.15) is 25.8 Å². The summed E-state index contributed by atoms with van der Waals surface area (Å²) in [5.41, 5.74) is 3.59. The molecule has 1 nitrogen and oxygen atoms in total. The zero-order chi connectivity index (χ0) is 15.2. The van der Waals surface area contributed by atoms with Crippen molar-refractivity contribution < 1.29 is 0 Å². The zero-order valence-corrected chi connectivity index (χ0v) is 14.0. The lowest BCUT2D eigenvalue weighted by atomic mass is 10.0. The highest BCUT2D eigenvalue weighted by Crippen LogP contribution is 2.28. The van der Waals surface area contributed by atoms with Gasteiger partial charge in [0.25, 0.3) is 0 Å². The molecule has 0 aliphatic heterocycles. The van der Waals surface area contributed by atoms with Crippen LogP contribution in [0.2, 0.25) is 10.0 Å². The first-order valence-electron chi connectivity index (χ1n) is 7.38. The van der Waals surface area contributed by atoms with Crippen LogP contribution in [0.4, 0.5) is 0 Å². The molecule has 1 atom stereocenters. The molecule has 2 aromatic carbocycles. The van der Waals surface area contributed by atoms with Crippen LogP contribution in [0.15, 0.2) is 42.5 Å². The molecule has 0 heterocycles. The highest BCUT2D eigenvalue weighted by atomic mass is 35.5. The third-order valence-corrected chi connectivity index (χ3v) is 4.23. The van der Waals surface area contributed by atoms with Gasteiger partial charge in [0, 0.05) is 6.04 Å². The van der Waals surface area contributed by atoms with Crippen molar-refractivity contribution in [3.63, 3.8) is 0 Å². The standard InChI is InChI=1S/C18H21Cl2N/c1-3-10-21-13(2)11-14-4-6-15(7-5-14)16-8-9-17(19)18(20)12-16/h4-9,12-13,21H,3,10-11H2,1-2H3. The highest BCUT2D eigenvalue weighted by Gasteiger charge is 2.05. The summed E-state index contributed by atoms with van der Waals surface area (Å²) in [6.45, 7) is 5.48. The van der Waals surface area contributed by atoms with Crippen LogP contribution >= 0.6 is 23.2 Å². The van der Waals surface area contributed by atoms with E-state index in [2.05, 4.69) is 43.4 Å². The second-order valence-electron chi connectivity index (χ2n) is 5.39. The van der Waals surface area contributed by atoms with E-state index in [1.54, 1.807) is 0 Å². The lowest BCUT2D eigenvalue weighted by molar-refractivity contribution is 0.543. The molecule has 0 saturated carbocycles. The van der Waals surface area contributed by atoms with E-state index in [9.17, 15) is 0 Å². The van der Waals surface area contributed by atoms with E-state index in [1.165, 1.54) is 12.0 Å². The van der Waals surface area contributed by atoms with E-state index in [-0.39, 0.29) is 0 Å². The predicted octanol–water partition coefficient (Wildman–Crippen LogP) is 5.59. The Morgan fingerprint density at radius 3 is 2.24 bits per heavy atom. The van der Waals surface area contributed by atoms with Gasteiger partial charge in [0.1, 0.15) is 0 Å². The fourth-order valence-electron chi connectivity index (χ4n) is 2.33. The van der Waals surface area contributed by atoms with Crippen molar-refractivity contribution in [1.82, 2.24) is 5.32 Å². The van der Waals surface area contributed by atoms with Crippen LogP contribution in [0, 0.1) is 0 Å². The summed E-state index contributed by atoms with van der Waals surface area (Å²) in [4.78, 5) is 0. The summed E-state index contributed by atoms with van der Waals surface area (Å²) in [5, 5.41) is 4.69. The fourth-order valence-corrected chi connectivity index (χ4v) is 2.62. The number of nitrogens with one attached hydrogen (secondary N) is 1. The van der Waals surface area contributed by atoms with Crippen molar-refractivity contribution in [2.45, 2.75) is 32.7 Å².